The summed E-state index contributed by atoms with van der Waals surface area (Å²) < 4.78 is 0. The molecule has 1 aliphatic rings. The molecule has 4 nitrogen and oxygen atoms in total. The third-order valence-corrected chi connectivity index (χ3v) is 4.09. The average molecular weight is 263 g/mol. The summed E-state index contributed by atoms with van der Waals surface area (Å²) in [5.74, 6) is 0.917. The van der Waals surface area contributed by atoms with E-state index in [0.29, 0.717) is 13.1 Å². The average Bonchev–Trinajstić information content (AvgIpc) is 2.74. The summed E-state index contributed by atoms with van der Waals surface area (Å²) in [5, 5.41) is 10.5. The molecular formula is C15H25N3O. The van der Waals surface area contributed by atoms with Crippen LogP contribution in [0.1, 0.15) is 42.5 Å². The minimum absolute atomic E-state index is 0.483. The Hall–Kier alpha value is -1.13. The van der Waals surface area contributed by atoms with Crippen LogP contribution in [-0.4, -0.2) is 29.3 Å². The van der Waals surface area contributed by atoms with Crippen molar-refractivity contribution in [3.05, 3.63) is 22.9 Å². The second-order valence-electron chi connectivity index (χ2n) is 5.87. The van der Waals surface area contributed by atoms with Gasteiger partial charge in [0.1, 0.15) is 5.82 Å². The highest BCUT2D eigenvalue weighted by Gasteiger charge is 2.33. The molecule has 0 bridgehead atoms. The minimum Gasteiger partial charge on any atom is -0.388 e. The van der Waals surface area contributed by atoms with Gasteiger partial charge in [-0.15, -0.1) is 0 Å². The second kappa shape index (κ2) is 5.47. The zero-order valence-corrected chi connectivity index (χ0v) is 12.2. The first kappa shape index (κ1) is 14.3. The van der Waals surface area contributed by atoms with E-state index < -0.39 is 5.60 Å². The van der Waals surface area contributed by atoms with Crippen molar-refractivity contribution in [3.8, 4) is 0 Å². The predicted octanol–water partition coefficient (Wildman–Crippen LogP) is 1.90. The lowest BCUT2D eigenvalue weighted by molar-refractivity contribution is 0.0557. The Morgan fingerprint density at radius 3 is 2.58 bits per heavy atom. The lowest BCUT2D eigenvalue weighted by atomic mass is 10.0. The van der Waals surface area contributed by atoms with Gasteiger partial charge < -0.3 is 15.7 Å². The summed E-state index contributed by atoms with van der Waals surface area (Å²) in [7, 11) is 2.00. The number of likely N-dealkylation sites (N-methyl/N-ethyl adjacent to an activating group) is 1. The van der Waals surface area contributed by atoms with Crippen LogP contribution in [0.25, 0.3) is 0 Å². The van der Waals surface area contributed by atoms with Crippen LogP contribution < -0.4 is 10.6 Å². The van der Waals surface area contributed by atoms with Crippen molar-refractivity contribution in [2.75, 3.05) is 18.5 Å². The second-order valence-corrected chi connectivity index (χ2v) is 5.87. The van der Waals surface area contributed by atoms with Crippen LogP contribution in [-0.2, 0) is 6.54 Å². The van der Waals surface area contributed by atoms with E-state index in [1.807, 2.05) is 14.0 Å². The smallest absolute Gasteiger partial charge is 0.133 e. The van der Waals surface area contributed by atoms with Crippen LogP contribution in [0.2, 0.25) is 0 Å². The molecule has 1 saturated carbocycles. The van der Waals surface area contributed by atoms with Gasteiger partial charge in [0, 0.05) is 31.4 Å². The van der Waals surface area contributed by atoms with Gasteiger partial charge in [0.2, 0.25) is 0 Å². The van der Waals surface area contributed by atoms with Crippen molar-refractivity contribution in [1.82, 2.24) is 4.98 Å². The molecule has 0 aliphatic heterocycles. The maximum Gasteiger partial charge on any atom is 0.133 e. The molecule has 0 spiro atoms. The van der Waals surface area contributed by atoms with Gasteiger partial charge in [-0.2, -0.15) is 0 Å². The number of anilines is 1. The third kappa shape index (κ3) is 3.07. The quantitative estimate of drug-likeness (QED) is 0.871. The molecule has 0 amide bonds. The molecule has 1 aromatic heterocycles. The van der Waals surface area contributed by atoms with Gasteiger partial charge in [-0.3, -0.25) is 0 Å². The van der Waals surface area contributed by atoms with E-state index in [-0.39, 0.29) is 0 Å². The molecule has 4 heteroatoms. The summed E-state index contributed by atoms with van der Waals surface area (Å²) in [5.41, 5.74) is 8.55. The van der Waals surface area contributed by atoms with E-state index in [1.165, 1.54) is 5.56 Å². The number of hydrogen-bond acceptors (Lipinski definition) is 4. The van der Waals surface area contributed by atoms with E-state index in [0.717, 1.165) is 42.8 Å². The molecular weight excluding hydrogens is 238 g/mol. The Morgan fingerprint density at radius 2 is 2.00 bits per heavy atom. The van der Waals surface area contributed by atoms with E-state index in [4.69, 9.17) is 5.73 Å². The van der Waals surface area contributed by atoms with Gasteiger partial charge in [-0.1, -0.05) is 12.8 Å². The van der Waals surface area contributed by atoms with Gasteiger partial charge in [-0.25, -0.2) is 4.98 Å². The van der Waals surface area contributed by atoms with E-state index in [2.05, 4.69) is 22.9 Å². The monoisotopic (exact) mass is 263 g/mol. The first-order valence-electron chi connectivity index (χ1n) is 7.06. The van der Waals surface area contributed by atoms with Crippen molar-refractivity contribution >= 4 is 5.82 Å². The minimum atomic E-state index is -0.556. The number of nitrogens with zero attached hydrogens (tertiary/aromatic N) is 2. The van der Waals surface area contributed by atoms with Crippen molar-refractivity contribution < 1.29 is 5.11 Å². The maximum absolute atomic E-state index is 10.5. The van der Waals surface area contributed by atoms with Gasteiger partial charge in [0.15, 0.2) is 0 Å². The fourth-order valence-corrected chi connectivity index (χ4v) is 3.12. The number of aliphatic hydroxyl groups is 1. The number of aromatic nitrogens is 1. The van der Waals surface area contributed by atoms with Crippen LogP contribution in [0.3, 0.4) is 0 Å². The molecule has 1 aromatic rings. The molecule has 1 aliphatic carbocycles. The van der Waals surface area contributed by atoms with E-state index in [9.17, 15) is 5.11 Å². The highest BCUT2D eigenvalue weighted by Crippen LogP contribution is 2.32. The van der Waals surface area contributed by atoms with Crippen LogP contribution in [0.4, 0.5) is 5.82 Å². The Kier molecular flexibility index (Phi) is 4.11. The highest BCUT2D eigenvalue weighted by molar-refractivity contribution is 5.51. The molecule has 19 heavy (non-hydrogen) atoms. The lowest BCUT2D eigenvalue weighted by Crippen LogP contribution is -2.40. The zero-order valence-electron chi connectivity index (χ0n) is 12.2. The van der Waals surface area contributed by atoms with Crippen LogP contribution in [0.15, 0.2) is 6.07 Å². The highest BCUT2D eigenvalue weighted by atomic mass is 16.3. The van der Waals surface area contributed by atoms with Gasteiger partial charge in [0.05, 0.1) is 5.60 Å². The summed E-state index contributed by atoms with van der Waals surface area (Å²) in [6, 6.07) is 2.06. The zero-order chi connectivity index (χ0) is 14.0. The molecule has 0 saturated heterocycles. The Bertz CT molecular complexity index is 453. The molecule has 106 valence electrons. The summed E-state index contributed by atoms with van der Waals surface area (Å²) >= 11 is 0. The Balaban J connectivity index is 2.25. The summed E-state index contributed by atoms with van der Waals surface area (Å²) in [6.45, 7) is 5.18. The van der Waals surface area contributed by atoms with Gasteiger partial charge in [-0.05, 0) is 38.3 Å². The van der Waals surface area contributed by atoms with Gasteiger partial charge in [0.25, 0.3) is 0 Å². The summed E-state index contributed by atoms with van der Waals surface area (Å²) in [6.07, 6.45) is 4.02. The number of aryl methyl sites for hydroxylation is 2. The van der Waals surface area contributed by atoms with Crippen molar-refractivity contribution in [1.29, 1.82) is 0 Å². The molecule has 1 fully saturated rings. The lowest BCUT2D eigenvalue weighted by Gasteiger charge is -2.31. The van der Waals surface area contributed by atoms with Crippen LogP contribution in [0, 0.1) is 13.8 Å². The Labute approximate surface area is 115 Å². The number of nitrogens with two attached hydrogens (primary N) is 1. The van der Waals surface area contributed by atoms with E-state index in [1.54, 1.807) is 0 Å². The van der Waals surface area contributed by atoms with Crippen molar-refractivity contribution in [2.45, 2.75) is 51.7 Å². The number of pyridine rings is 1. The molecule has 0 unspecified atom stereocenters. The molecule has 0 aromatic carbocycles. The molecule has 1 heterocycles. The number of rotatable bonds is 4. The van der Waals surface area contributed by atoms with E-state index >= 15 is 0 Å². The summed E-state index contributed by atoms with van der Waals surface area (Å²) in [4.78, 5) is 6.68. The standard InChI is InChI=1S/C15H25N3O/c1-11-8-12(2)17-14(13(11)9-16)18(3)10-15(19)6-4-5-7-15/h8,19H,4-7,9-10,16H2,1-3H3. The maximum atomic E-state index is 10.5. The molecule has 0 radical (unpaired) electrons. The van der Waals surface area contributed by atoms with Crippen molar-refractivity contribution in [2.24, 2.45) is 5.73 Å². The first-order valence-corrected chi connectivity index (χ1v) is 7.06. The molecule has 3 N–H and O–H groups in total. The topological polar surface area (TPSA) is 62.4 Å². The normalized spacial score (nSPS) is 17.7. The predicted molar refractivity (Wildman–Crippen MR) is 78.3 cm³/mol. The molecule has 2 rings (SSSR count). The van der Waals surface area contributed by atoms with Crippen LogP contribution >= 0.6 is 0 Å². The SMILES string of the molecule is Cc1cc(C)c(CN)c(N(C)CC2(O)CCCC2)n1. The number of hydrogen-bond donors (Lipinski definition) is 2. The molecule has 0 atom stereocenters. The van der Waals surface area contributed by atoms with Crippen molar-refractivity contribution in [3.63, 3.8) is 0 Å². The third-order valence-electron chi connectivity index (χ3n) is 4.09. The van der Waals surface area contributed by atoms with Gasteiger partial charge >= 0.3 is 0 Å². The fourth-order valence-electron chi connectivity index (χ4n) is 3.12. The largest absolute Gasteiger partial charge is 0.388 e. The Morgan fingerprint density at radius 1 is 1.37 bits per heavy atom. The fraction of sp³-hybridized carbons (Fsp3) is 0.667. The first-order chi connectivity index (χ1) is 8.95. The van der Waals surface area contributed by atoms with Crippen LogP contribution in [0.5, 0.6) is 0 Å².